The maximum Gasteiger partial charge on any atom is 0.315 e. The summed E-state index contributed by atoms with van der Waals surface area (Å²) >= 11 is 0. The number of hydrogen-bond acceptors (Lipinski definition) is 4. The predicted octanol–water partition coefficient (Wildman–Crippen LogP) is 1.15. The number of aliphatic hydroxyl groups excluding tert-OH is 1. The molecule has 0 saturated heterocycles. The molecule has 1 aromatic carbocycles. The van der Waals surface area contributed by atoms with Gasteiger partial charge in [-0.1, -0.05) is 30.3 Å². The molecule has 2 aromatic rings. The minimum atomic E-state index is -0.427. The summed E-state index contributed by atoms with van der Waals surface area (Å²) in [6.45, 7) is 1.08. The third kappa shape index (κ3) is 3.68. The molecule has 3 rings (SSSR count). The van der Waals surface area contributed by atoms with E-state index in [0.717, 1.165) is 43.0 Å². The van der Waals surface area contributed by atoms with Crippen LogP contribution in [-0.2, 0) is 19.5 Å². The first-order valence-electron chi connectivity index (χ1n) is 7.89. The Morgan fingerprint density at radius 3 is 2.87 bits per heavy atom. The first-order chi connectivity index (χ1) is 11.3. The van der Waals surface area contributed by atoms with E-state index in [2.05, 4.69) is 25.4 Å². The summed E-state index contributed by atoms with van der Waals surface area (Å²) in [5.41, 5.74) is 0.866. The topological polar surface area (TPSA) is 92.1 Å². The Bertz CT molecular complexity index is 656. The molecule has 7 heteroatoms. The molecule has 23 heavy (non-hydrogen) atoms. The van der Waals surface area contributed by atoms with Crippen molar-refractivity contribution in [1.82, 2.24) is 25.4 Å². The molecular formula is C16H21N5O2. The summed E-state index contributed by atoms with van der Waals surface area (Å²) in [6, 6.07) is 8.63. The monoisotopic (exact) mass is 315 g/mol. The van der Waals surface area contributed by atoms with Crippen molar-refractivity contribution in [2.75, 3.05) is 6.61 Å². The Balaban J connectivity index is 1.56. The van der Waals surface area contributed by atoms with Crippen molar-refractivity contribution in [3.8, 4) is 0 Å². The maximum atomic E-state index is 12.1. The van der Waals surface area contributed by atoms with Gasteiger partial charge in [-0.2, -0.15) is 0 Å². The zero-order valence-corrected chi connectivity index (χ0v) is 12.9. The highest BCUT2D eigenvalue weighted by atomic mass is 16.3. The highest BCUT2D eigenvalue weighted by Crippen LogP contribution is 2.14. The van der Waals surface area contributed by atoms with Gasteiger partial charge in [0.15, 0.2) is 5.82 Å². The van der Waals surface area contributed by atoms with Gasteiger partial charge in [0.05, 0.1) is 19.2 Å². The van der Waals surface area contributed by atoms with Gasteiger partial charge in [0, 0.05) is 13.0 Å². The fourth-order valence-corrected chi connectivity index (χ4v) is 2.79. The lowest BCUT2D eigenvalue weighted by Gasteiger charge is -2.18. The van der Waals surface area contributed by atoms with Crippen molar-refractivity contribution in [3.63, 3.8) is 0 Å². The fourth-order valence-electron chi connectivity index (χ4n) is 2.79. The molecule has 2 heterocycles. The smallest absolute Gasteiger partial charge is 0.315 e. The number of hydrogen-bond donors (Lipinski definition) is 3. The van der Waals surface area contributed by atoms with Gasteiger partial charge in [0.25, 0.3) is 0 Å². The van der Waals surface area contributed by atoms with Gasteiger partial charge in [-0.05, 0) is 18.4 Å². The van der Waals surface area contributed by atoms with Crippen LogP contribution in [0.3, 0.4) is 0 Å². The molecule has 0 aliphatic carbocycles. The molecule has 122 valence electrons. The lowest BCUT2D eigenvalue weighted by molar-refractivity contribution is 0.216. The van der Waals surface area contributed by atoms with Crippen LogP contribution in [0.2, 0.25) is 0 Å². The van der Waals surface area contributed by atoms with Gasteiger partial charge in [-0.3, -0.25) is 0 Å². The zero-order valence-electron chi connectivity index (χ0n) is 12.9. The SMILES string of the molecule is O=C(NCc1nnc2n1CCCC2)NC(CO)c1ccccc1. The van der Waals surface area contributed by atoms with Crippen LogP contribution >= 0.6 is 0 Å². The standard InChI is InChI=1S/C16H21N5O2/c22-11-13(12-6-2-1-3-7-12)18-16(23)17-10-15-20-19-14-8-4-5-9-21(14)15/h1-3,6-7,13,22H,4-5,8-11H2,(H2,17,18,23). The molecule has 7 nitrogen and oxygen atoms in total. The lowest BCUT2D eigenvalue weighted by atomic mass is 10.1. The summed E-state index contributed by atoms with van der Waals surface area (Å²) in [7, 11) is 0. The second-order valence-corrected chi connectivity index (χ2v) is 5.61. The first kappa shape index (κ1) is 15.5. The number of aliphatic hydroxyl groups is 1. The van der Waals surface area contributed by atoms with E-state index in [1.807, 2.05) is 30.3 Å². The van der Waals surface area contributed by atoms with Crippen molar-refractivity contribution in [1.29, 1.82) is 0 Å². The molecule has 0 spiro atoms. The van der Waals surface area contributed by atoms with Crippen molar-refractivity contribution in [2.45, 2.75) is 38.4 Å². The van der Waals surface area contributed by atoms with Crippen LogP contribution in [0.25, 0.3) is 0 Å². The Morgan fingerprint density at radius 2 is 2.09 bits per heavy atom. The Labute approximate surface area is 134 Å². The number of nitrogens with zero attached hydrogens (tertiary/aromatic N) is 3. The van der Waals surface area contributed by atoms with E-state index >= 15 is 0 Å². The number of rotatable bonds is 5. The Morgan fingerprint density at radius 1 is 1.26 bits per heavy atom. The van der Waals surface area contributed by atoms with E-state index in [-0.39, 0.29) is 12.6 Å². The third-order valence-electron chi connectivity index (χ3n) is 4.03. The van der Waals surface area contributed by atoms with Crippen molar-refractivity contribution in [3.05, 3.63) is 47.5 Å². The molecule has 1 unspecified atom stereocenters. The average Bonchev–Trinajstić information content (AvgIpc) is 3.02. The quantitative estimate of drug-likeness (QED) is 0.772. The van der Waals surface area contributed by atoms with Crippen LogP contribution in [-0.4, -0.2) is 32.5 Å². The van der Waals surface area contributed by atoms with E-state index in [1.54, 1.807) is 0 Å². The van der Waals surface area contributed by atoms with Crippen LogP contribution in [0.4, 0.5) is 4.79 Å². The van der Waals surface area contributed by atoms with E-state index in [9.17, 15) is 9.90 Å². The second kappa shape index (κ2) is 7.23. The van der Waals surface area contributed by atoms with Gasteiger partial charge in [0.2, 0.25) is 0 Å². The summed E-state index contributed by atoms with van der Waals surface area (Å²) in [5.74, 6) is 1.76. The van der Waals surface area contributed by atoms with E-state index in [4.69, 9.17) is 0 Å². The summed E-state index contributed by atoms with van der Waals surface area (Å²) < 4.78 is 2.07. The van der Waals surface area contributed by atoms with Gasteiger partial charge in [-0.15, -0.1) is 10.2 Å². The number of aromatic nitrogens is 3. The lowest BCUT2D eigenvalue weighted by Crippen LogP contribution is -2.39. The third-order valence-corrected chi connectivity index (χ3v) is 4.03. The molecule has 1 aliphatic heterocycles. The molecule has 2 amide bonds. The number of benzene rings is 1. The normalized spacial score (nSPS) is 14.8. The number of carbonyl (C=O) groups is 1. The Hall–Kier alpha value is -2.41. The van der Waals surface area contributed by atoms with Crippen LogP contribution in [0.15, 0.2) is 30.3 Å². The van der Waals surface area contributed by atoms with Gasteiger partial charge < -0.3 is 20.3 Å². The number of aryl methyl sites for hydroxylation is 1. The largest absolute Gasteiger partial charge is 0.394 e. The number of amides is 2. The molecule has 1 atom stereocenters. The number of nitrogens with one attached hydrogen (secondary N) is 2. The molecular weight excluding hydrogens is 294 g/mol. The van der Waals surface area contributed by atoms with Crippen LogP contribution in [0.1, 0.15) is 36.1 Å². The highest BCUT2D eigenvalue weighted by Gasteiger charge is 2.17. The van der Waals surface area contributed by atoms with Crippen LogP contribution in [0, 0.1) is 0 Å². The zero-order chi connectivity index (χ0) is 16.1. The summed E-state index contributed by atoms with van der Waals surface area (Å²) in [5, 5.41) is 23.3. The second-order valence-electron chi connectivity index (χ2n) is 5.61. The predicted molar refractivity (Wildman–Crippen MR) is 84.6 cm³/mol. The average molecular weight is 315 g/mol. The maximum absolute atomic E-state index is 12.1. The van der Waals surface area contributed by atoms with E-state index in [1.165, 1.54) is 0 Å². The van der Waals surface area contributed by atoms with Crippen molar-refractivity contribution >= 4 is 6.03 Å². The molecule has 0 radical (unpaired) electrons. The van der Waals surface area contributed by atoms with Crippen molar-refractivity contribution < 1.29 is 9.90 Å². The van der Waals surface area contributed by atoms with Gasteiger partial charge >= 0.3 is 6.03 Å². The van der Waals surface area contributed by atoms with Crippen molar-refractivity contribution in [2.24, 2.45) is 0 Å². The van der Waals surface area contributed by atoms with Crippen LogP contribution in [0.5, 0.6) is 0 Å². The molecule has 0 fully saturated rings. The fraction of sp³-hybridized carbons (Fsp3) is 0.438. The number of carbonyl (C=O) groups excluding carboxylic acids is 1. The number of urea groups is 1. The minimum Gasteiger partial charge on any atom is -0.394 e. The molecule has 0 bridgehead atoms. The molecule has 3 N–H and O–H groups in total. The number of fused-ring (bicyclic) bond motifs is 1. The van der Waals surface area contributed by atoms with Gasteiger partial charge in [0.1, 0.15) is 5.82 Å². The Kier molecular flexibility index (Phi) is 4.87. The molecule has 1 aliphatic rings. The summed E-state index contributed by atoms with van der Waals surface area (Å²) in [6.07, 6.45) is 3.20. The first-order valence-corrected chi connectivity index (χ1v) is 7.89. The molecule has 1 aromatic heterocycles. The highest BCUT2D eigenvalue weighted by molar-refractivity contribution is 5.74. The minimum absolute atomic E-state index is 0.155. The molecule has 0 saturated carbocycles. The van der Waals surface area contributed by atoms with E-state index < -0.39 is 6.04 Å². The summed E-state index contributed by atoms with van der Waals surface area (Å²) in [4.78, 5) is 12.1. The van der Waals surface area contributed by atoms with Crippen LogP contribution < -0.4 is 10.6 Å². The van der Waals surface area contributed by atoms with E-state index in [0.29, 0.717) is 6.54 Å². The van der Waals surface area contributed by atoms with Gasteiger partial charge in [-0.25, -0.2) is 4.79 Å².